The second-order valence-electron chi connectivity index (χ2n) is 6.62. The number of halogens is 1. The third-order valence-electron chi connectivity index (χ3n) is 4.03. The Balaban J connectivity index is 0.00000484. The molecule has 0 aromatic heterocycles. The number of rotatable bonds is 7. The van der Waals surface area contributed by atoms with Crippen LogP contribution in [0.25, 0.3) is 0 Å². The van der Waals surface area contributed by atoms with E-state index in [1.54, 1.807) is 7.11 Å². The van der Waals surface area contributed by atoms with E-state index in [2.05, 4.69) is 34.8 Å². The summed E-state index contributed by atoms with van der Waals surface area (Å²) in [5.41, 5.74) is 0.453. The number of hydrogen-bond donors (Lipinski definition) is 3. The van der Waals surface area contributed by atoms with E-state index in [9.17, 15) is 4.79 Å². The number of ether oxygens (including phenoxy) is 1. The van der Waals surface area contributed by atoms with Crippen molar-refractivity contribution in [2.45, 2.75) is 52.5 Å². The number of nitrogens with zero attached hydrogens (tertiary/aromatic N) is 1. The minimum Gasteiger partial charge on any atom is -0.383 e. The minimum atomic E-state index is -0.0842. The Bertz CT molecular complexity index is 365. The van der Waals surface area contributed by atoms with Gasteiger partial charge in [-0.25, -0.2) is 4.99 Å². The van der Waals surface area contributed by atoms with Crippen LogP contribution in [0.2, 0.25) is 0 Å². The molecule has 0 radical (unpaired) electrons. The molecule has 0 aliphatic heterocycles. The highest BCUT2D eigenvalue weighted by Crippen LogP contribution is 2.34. The van der Waals surface area contributed by atoms with Gasteiger partial charge in [0.15, 0.2) is 5.96 Å². The van der Waals surface area contributed by atoms with Gasteiger partial charge in [0.2, 0.25) is 5.91 Å². The zero-order valence-electron chi connectivity index (χ0n) is 14.9. The molecule has 6 nitrogen and oxygen atoms in total. The lowest BCUT2D eigenvalue weighted by atomic mass is 9.75. The van der Waals surface area contributed by atoms with Crippen LogP contribution in [-0.4, -0.2) is 51.3 Å². The minimum absolute atomic E-state index is 0. The van der Waals surface area contributed by atoms with E-state index in [1.807, 2.05) is 6.92 Å². The van der Waals surface area contributed by atoms with Crippen LogP contribution in [0.5, 0.6) is 0 Å². The number of methoxy groups -OCH3 is 1. The van der Waals surface area contributed by atoms with Crippen LogP contribution >= 0.6 is 24.0 Å². The van der Waals surface area contributed by atoms with E-state index in [4.69, 9.17) is 4.74 Å². The molecule has 136 valence electrons. The Morgan fingerprint density at radius 3 is 2.48 bits per heavy atom. The smallest absolute Gasteiger partial charge is 0.241 e. The summed E-state index contributed by atoms with van der Waals surface area (Å²) in [7, 11) is 1.61. The topological polar surface area (TPSA) is 74.8 Å². The molecule has 1 saturated carbocycles. The first-order valence-electron chi connectivity index (χ1n) is 8.27. The molecule has 0 spiro atoms. The summed E-state index contributed by atoms with van der Waals surface area (Å²) in [5.74, 6) is 0.646. The van der Waals surface area contributed by atoms with Gasteiger partial charge in [0.05, 0.1) is 6.61 Å². The average molecular weight is 440 g/mol. The van der Waals surface area contributed by atoms with E-state index in [0.717, 1.165) is 25.3 Å². The normalized spacial score (nSPS) is 18.0. The fourth-order valence-electron chi connectivity index (χ4n) is 2.56. The third-order valence-corrected chi connectivity index (χ3v) is 4.03. The third kappa shape index (κ3) is 10.0. The van der Waals surface area contributed by atoms with Gasteiger partial charge in [0.25, 0.3) is 0 Å². The quantitative estimate of drug-likeness (QED) is 0.245. The Labute approximate surface area is 157 Å². The van der Waals surface area contributed by atoms with Gasteiger partial charge in [-0.1, -0.05) is 13.8 Å². The zero-order valence-corrected chi connectivity index (χ0v) is 17.2. The average Bonchev–Trinajstić information content (AvgIpc) is 2.47. The van der Waals surface area contributed by atoms with Crippen molar-refractivity contribution in [3.63, 3.8) is 0 Å². The molecule has 7 heteroatoms. The number of guanidine groups is 1. The van der Waals surface area contributed by atoms with Gasteiger partial charge in [0.1, 0.15) is 6.54 Å². The van der Waals surface area contributed by atoms with Gasteiger partial charge in [-0.15, -0.1) is 24.0 Å². The maximum absolute atomic E-state index is 11.7. The van der Waals surface area contributed by atoms with E-state index < -0.39 is 0 Å². The van der Waals surface area contributed by atoms with Crippen LogP contribution in [0, 0.1) is 5.41 Å². The summed E-state index contributed by atoms with van der Waals surface area (Å²) in [6, 6.07) is 0.447. The van der Waals surface area contributed by atoms with E-state index in [1.165, 1.54) is 12.8 Å². The Kier molecular flexibility index (Phi) is 11.6. The first kappa shape index (κ1) is 22.4. The van der Waals surface area contributed by atoms with Gasteiger partial charge >= 0.3 is 0 Å². The second-order valence-corrected chi connectivity index (χ2v) is 6.62. The van der Waals surface area contributed by atoms with Crippen molar-refractivity contribution in [1.82, 2.24) is 16.0 Å². The summed E-state index contributed by atoms with van der Waals surface area (Å²) >= 11 is 0. The molecule has 0 aromatic carbocycles. The molecule has 0 unspecified atom stereocenters. The SMILES string of the molecule is CCNC(=NCC(=O)NCCOC)NC1CCC(C)(C)CC1.I. The molecule has 1 aliphatic carbocycles. The maximum atomic E-state index is 11.7. The van der Waals surface area contributed by atoms with Gasteiger partial charge in [0, 0.05) is 26.2 Å². The van der Waals surface area contributed by atoms with Crippen molar-refractivity contribution in [2.24, 2.45) is 10.4 Å². The van der Waals surface area contributed by atoms with Crippen LogP contribution in [0.4, 0.5) is 0 Å². The Morgan fingerprint density at radius 2 is 1.91 bits per heavy atom. The second kappa shape index (κ2) is 11.9. The molecule has 0 atom stereocenters. The summed E-state index contributed by atoms with van der Waals surface area (Å²) < 4.78 is 4.90. The van der Waals surface area contributed by atoms with E-state index in [-0.39, 0.29) is 36.4 Å². The molecule has 23 heavy (non-hydrogen) atoms. The van der Waals surface area contributed by atoms with Crippen molar-refractivity contribution in [1.29, 1.82) is 0 Å². The fourth-order valence-corrected chi connectivity index (χ4v) is 2.56. The summed E-state index contributed by atoms with van der Waals surface area (Å²) in [6.45, 7) is 8.64. The monoisotopic (exact) mass is 440 g/mol. The zero-order chi connectivity index (χ0) is 16.4. The largest absolute Gasteiger partial charge is 0.383 e. The summed E-state index contributed by atoms with van der Waals surface area (Å²) in [4.78, 5) is 16.0. The molecular weight excluding hydrogens is 407 g/mol. The molecule has 1 rings (SSSR count). The predicted molar refractivity (Wildman–Crippen MR) is 105 cm³/mol. The number of hydrogen-bond acceptors (Lipinski definition) is 3. The van der Waals surface area contributed by atoms with Gasteiger partial charge < -0.3 is 20.7 Å². The molecule has 0 heterocycles. The van der Waals surface area contributed by atoms with Crippen LogP contribution in [0.3, 0.4) is 0 Å². The molecule has 0 saturated heterocycles. The standard InChI is InChI=1S/C16H32N4O2.HI/c1-5-17-15(19-12-14(21)18-10-11-22-4)20-13-6-8-16(2,3)9-7-13;/h13H,5-12H2,1-4H3,(H,18,21)(H2,17,19,20);1H. The van der Waals surface area contributed by atoms with Crippen LogP contribution in [-0.2, 0) is 9.53 Å². The van der Waals surface area contributed by atoms with Gasteiger partial charge in [-0.05, 0) is 38.0 Å². The highest BCUT2D eigenvalue weighted by molar-refractivity contribution is 14.0. The highest BCUT2D eigenvalue weighted by atomic mass is 127. The molecule has 3 N–H and O–H groups in total. The number of aliphatic imine (C=N–C) groups is 1. The van der Waals surface area contributed by atoms with Crippen molar-refractivity contribution in [3.8, 4) is 0 Å². The lowest BCUT2D eigenvalue weighted by molar-refractivity contribution is -0.119. The number of carbonyl (C=O) groups is 1. The number of nitrogens with one attached hydrogen (secondary N) is 3. The lowest BCUT2D eigenvalue weighted by Crippen LogP contribution is -2.46. The number of carbonyl (C=O) groups excluding carboxylic acids is 1. The Hall–Kier alpha value is -0.570. The fraction of sp³-hybridized carbons (Fsp3) is 0.875. The Morgan fingerprint density at radius 1 is 1.26 bits per heavy atom. The maximum Gasteiger partial charge on any atom is 0.241 e. The molecule has 1 fully saturated rings. The van der Waals surface area contributed by atoms with Gasteiger partial charge in [-0.3, -0.25) is 4.79 Å². The summed E-state index contributed by atoms with van der Waals surface area (Å²) in [5, 5.41) is 9.43. The summed E-state index contributed by atoms with van der Waals surface area (Å²) in [6.07, 6.45) is 4.75. The van der Waals surface area contributed by atoms with Crippen LogP contribution in [0.1, 0.15) is 46.5 Å². The van der Waals surface area contributed by atoms with Crippen molar-refractivity contribution >= 4 is 35.8 Å². The van der Waals surface area contributed by atoms with Crippen molar-refractivity contribution in [2.75, 3.05) is 33.4 Å². The molecule has 1 aliphatic rings. The van der Waals surface area contributed by atoms with Crippen molar-refractivity contribution in [3.05, 3.63) is 0 Å². The molecular formula is C16H33IN4O2. The van der Waals surface area contributed by atoms with Crippen LogP contribution < -0.4 is 16.0 Å². The van der Waals surface area contributed by atoms with E-state index >= 15 is 0 Å². The van der Waals surface area contributed by atoms with Gasteiger partial charge in [-0.2, -0.15) is 0 Å². The first-order valence-corrected chi connectivity index (χ1v) is 8.27. The molecule has 0 aromatic rings. The number of amides is 1. The first-order chi connectivity index (χ1) is 10.5. The van der Waals surface area contributed by atoms with Crippen LogP contribution in [0.15, 0.2) is 4.99 Å². The highest BCUT2D eigenvalue weighted by Gasteiger charge is 2.27. The van der Waals surface area contributed by atoms with E-state index in [0.29, 0.717) is 24.6 Å². The molecule has 1 amide bonds. The molecule has 0 bridgehead atoms. The predicted octanol–water partition coefficient (Wildman–Crippen LogP) is 1.89. The van der Waals surface area contributed by atoms with Crippen molar-refractivity contribution < 1.29 is 9.53 Å². The lowest BCUT2D eigenvalue weighted by Gasteiger charge is -2.35.